The van der Waals surface area contributed by atoms with Gasteiger partial charge in [0.1, 0.15) is 6.04 Å². The summed E-state index contributed by atoms with van der Waals surface area (Å²) in [7, 11) is 0. The van der Waals surface area contributed by atoms with Gasteiger partial charge in [-0.05, 0) is 12.1 Å². The molecule has 1 unspecified atom stereocenters. The Morgan fingerprint density at radius 3 is 2.43 bits per heavy atom. The summed E-state index contributed by atoms with van der Waals surface area (Å²) in [6.07, 6.45) is 1.32. The first-order valence-corrected chi connectivity index (χ1v) is 3.70. The van der Waals surface area contributed by atoms with E-state index < -0.39 is 17.8 Å². The standard InChI is InChI=1S/C9H7F3N2/c1-2-7(13)8-4-3-6(5-14-8)9(10,11)12/h1,3-5,7H,13H2. The summed E-state index contributed by atoms with van der Waals surface area (Å²) in [6, 6.07) is 1.31. The molecule has 0 bridgehead atoms. The van der Waals surface area contributed by atoms with E-state index in [2.05, 4.69) is 10.9 Å². The smallest absolute Gasteiger partial charge is 0.313 e. The number of aromatic nitrogens is 1. The van der Waals surface area contributed by atoms with Crippen LogP contribution in [0.25, 0.3) is 0 Å². The van der Waals surface area contributed by atoms with Gasteiger partial charge in [0.05, 0.1) is 11.3 Å². The number of rotatable bonds is 1. The van der Waals surface area contributed by atoms with Gasteiger partial charge in [0.25, 0.3) is 0 Å². The third-order valence-corrected chi connectivity index (χ3v) is 1.61. The van der Waals surface area contributed by atoms with Gasteiger partial charge >= 0.3 is 6.18 Å². The molecule has 0 fully saturated rings. The highest BCUT2D eigenvalue weighted by atomic mass is 19.4. The predicted molar refractivity (Wildman–Crippen MR) is 45.0 cm³/mol. The molecule has 0 amide bonds. The van der Waals surface area contributed by atoms with Gasteiger partial charge in [-0.1, -0.05) is 5.92 Å². The molecule has 1 heterocycles. The van der Waals surface area contributed by atoms with Crippen molar-refractivity contribution < 1.29 is 13.2 Å². The van der Waals surface area contributed by atoms with Crippen LogP contribution in [0.4, 0.5) is 13.2 Å². The summed E-state index contributed by atoms with van der Waals surface area (Å²) in [5.74, 6) is 2.17. The van der Waals surface area contributed by atoms with Gasteiger partial charge in [0.2, 0.25) is 0 Å². The van der Waals surface area contributed by atoms with E-state index in [1.807, 2.05) is 0 Å². The van der Waals surface area contributed by atoms with E-state index in [4.69, 9.17) is 12.2 Å². The molecule has 0 spiro atoms. The van der Waals surface area contributed by atoms with E-state index in [9.17, 15) is 13.2 Å². The Kier molecular flexibility index (Phi) is 2.77. The zero-order valence-corrected chi connectivity index (χ0v) is 7.05. The van der Waals surface area contributed by atoms with E-state index in [1.165, 1.54) is 6.07 Å². The highest BCUT2D eigenvalue weighted by Gasteiger charge is 2.30. The van der Waals surface area contributed by atoms with E-state index >= 15 is 0 Å². The fraction of sp³-hybridized carbons (Fsp3) is 0.222. The topological polar surface area (TPSA) is 38.9 Å². The van der Waals surface area contributed by atoms with Crippen molar-refractivity contribution in [2.45, 2.75) is 12.2 Å². The van der Waals surface area contributed by atoms with Crippen molar-refractivity contribution in [2.24, 2.45) is 5.73 Å². The fourth-order valence-electron chi connectivity index (χ4n) is 0.842. The number of pyridine rings is 1. The zero-order valence-electron chi connectivity index (χ0n) is 7.05. The molecule has 1 rings (SSSR count). The van der Waals surface area contributed by atoms with Gasteiger partial charge in [0.15, 0.2) is 0 Å². The van der Waals surface area contributed by atoms with Crippen LogP contribution in [-0.2, 0) is 6.18 Å². The number of nitrogens with two attached hydrogens (primary N) is 1. The van der Waals surface area contributed by atoms with Gasteiger partial charge < -0.3 is 5.73 Å². The minimum atomic E-state index is -4.38. The van der Waals surface area contributed by atoms with Crippen molar-refractivity contribution in [3.05, 3.63) is 29.6 Å². The maximum absolute atomic E-state index is 12.1. The molecule has 0 aliphatic carbocycles. The number of hydrogen-bond acceptors (Lipinski definition) is 2. The normalized spacial score (nSPS) is 13.4. The summed E-state index contributed by atoms with van der Waals surface area (Å²) >= 11 is 0. The van der Waals surface area contributed by atoms with Gasteiger partial charge in [0, 0.05) is 6.20 Å². The Morgan fingerprint density at radius 1 is 1.43 bits per heavy atom. The first kappa shape index (κ1) is 10.5. The van der Waals surface area contributed by atoms with Crippen LogP contribution in [0.5, 0.6) is 0 Å². The zero-order chi connectivity index (χ0) is 10.8. The summed E-state index contributed by atoms with van der Waals surface area (Å²) in [4.78, 5) is 3.53. The molecule has 0 aromatic carbocycles. The van der Waals surface area contributed by atoms with Crippen molar-refractivity contribution in [3.63, 3.8) is 0 Å². The molecule has 14 heavy (non-hydrogen) atoms. The minimum Gasteiger partial charge on any atom is -0.313 e. The van der Waals surface area contributed by atoms with Crippen molar-refractivity contribution in [3.8, 4) is 12.3 Å². The summed E-state index contributed by atoms with van der Waals surface area (Å²) in [5, 5.41) is 0. The molecule has 0 aliphatic rings. The largest absolute Gasteiger partial charge is 0.417 e. The molecule has 5 heteroatoms. The number of halogens is 3. The monoisotopic (exact) mass is 200 g/mol. The quantitative estimate of drug-likeness (QED) is 0.701. The maximum atomic E-state index is 12.1. The summed E-state index contributed by atoms with van der Waals surface area (Å²) in [5.41, 5.74) is 4.81. The van der Waals surface area contributed by atoms with Crippen molar-refractivity contribution in [2.75, 3.05) is 0 Å². The molecule has 74 valence electrons. The van der Waals surface area contributed by atoms with Crippen LogP contribution in [-0.4, -0.2) is 4.98 Å². The number of hydrogen-bond donors (Lipinski definition) is 1. The lowest BCUT2D eigenvalue weighted by Crippen LogP contribution is -2.11. The molecular formula is C9H7F3N2. The second-order valence-corrected chi connectivity index (χ2v) is 2.61. The van der Waals surface area contributed by atoms with Crippen LogP contribution in [0.15, 0.2) is 18.3 Å². The second kappa shape index (κ2) is 3.68. The Bertz CT molecular complexity index is 348. The molecule has 1 atom stereocenters. The summed E-state index contributed by atoms with van der Waals surface area (Å²) < 4.78 is 36.3. The van der Waals surface area contributed by atoms with Crippen LogP contribution in [0, 0.1) is 12.3 Å². The van der Waals surface area contributed by atoms with E-state index in [1.54, 1.807) is 0 Å². The fourth-order valence-corrected chi connectivity index (χ4v) is 0.842. The minimum absolute atomic E-state index is 0.250. The molecule has 2 nitrogen and oxygen atoms in total. The van der Waals surface area contributed by atoms with Crippen molar-refractivity contribution in [1.29, 1.82) is 0 Å². The van der Waals surface area contributed by atoms with E-state index in [0.717, 1.165) is 6.07 Å². The van der Waals surface area contributed by atoms with Crippen molar-refractivity contribution in [1.82, 2.24) is 4.98 Å². The lowest BCUT2D eigenvalue weighted by molar-refractivity contribution is -0.137. The molecule has 0 saturated carbocycles. The van der Waals surface area contributed by atoms with Crippen LogP contribution in [0.1, 0.15) is 17.3 Å². The number of terminal acetylenes is 1. The second-order valence-electron chi connectivity index (χ2n) is 2.61. The van der Waals surface area contributed by atoms with Gasteiger partial charge in [-0.25, -0.2) is 0 Å². The van der Waals surface area contributed by atoms with Crippen LogP contribution >= 0.6 is 0 Å². The Balaban J connectivity index is 2.96. The first-order chi connectivity index (χ1) is 6.45. The molecule has 0 aliphatic heterocycles. The third kappa shape index (κ3) is 2.24. The number of alkyl halides is 3. The van der Waals surface area contributed by atoms with Gasteiger partial charge in [-0.15, -0.1) is 6.42 Å². The van der Waals surface area contributed by atoms with Gasteiger partial charge in [-0.2, -0.15) is 13.2 Å². The Labute approximate surface area is 78.9 Å². The molecular weight excluding hydrogens is 193 g/mol. The van der Waals surface area contributed by atoms with Crippen LogP contribution < -0.4 is 5.73 Å². The SMILES string of the molecule is C#CC(N)c1ccc(C(F)(F)F)cn1. The van der Waals surface area contributed by atoms with Crippen molar-refractivity contribution >= 4 is 0 Å². The predicted octanol–water partition coefficient (Wildman–Crippen LogP) is 1.73. The summed E-state index contributed by atoms with van der Waals surface area (Å²) in [6.45, 7) is 0. The van der Waals surface area contributed by atoms with Crippen LogP contribution in [0.2, 0.25) is 0 Å². The number of nitrogens with zero attached hydrogens (tertiary/aromatic N) is 1. The van der Waals surface area contributed by atoms with E-state index in [-0.39, 0.29) is 5.69 Å². The molecule has 0 radical (unpaired) electrons. The highest BCUT2D eigenvalue weighted by Crippen LogP contribution is 2.28. The van der Waals surface area contributed by atoms with Gasteiger partial charge in [-0.3, -0.25) is 4.98 Å². The average molecular weight is 200 g/mol. The lowest BCUT2D eigenvalue weighted by Gasteiger charge is -2.07. The Hall–Kier alpha value is -1.54. The maximum Gasteiger partial charge on any atom is 0.417 e. The molecule has 0 saturated heterocycles. The molecule has 1 aromatic heterocycles. The third-order valence-electron chi connectivity index (χ3n) is 1.61. The Morgan fingerprint density at radius 2 is 2.07 bits per heavy atom. The lowest BCUT2D eigenvalue weighted by atomic mass is 10.2. The van der Waals surface area contributed by atoms with Crippen LogP contribution in [0.3, 0.4) is 0 Å². The first-order valence-electron chi connectivity index (χ1n) is 3.70. The highest BCUT2D eigenvalue weighted by molar-refractivity contribution is 5.22. The molecule has 1 aromatic rings. The molecule has 2 N–H and O–H groups in total. The average Bonchev–Trinajstić information content (AvgIpc) is 2.15. The van der Waals surface area contributed by atoms with E-state index in [0.29, 0.717) is 6.20 Å².